The predicted molar refractivity (Wildman–Crippen MR) is 71.2 cm³/mol. The molecule has 0 aromatic heterocycles. The van der Waals surface area contributed by atoms with Gasteiger partial charge in [0, 0.05) is 12.6 Å². The van der Waals surface area contributed by atoms with Crippen molar-refractivity contribution in [1.82, 2.24) is 4.72 Å². The number of sulfonamides is 1. The number of hydrogen-bond acceptors (Lipinski definition) is 5. The molecule has 0 aliphatic carbocycles. The van der Waals surface area contributed by atoms with Gasteiger partial charge in [0.2, 0.25) is 10.0 Å². The largest absolute Gasteiger partial charge is 0.493 e. The van der Waals surface area contributed by atoms with Gasteiger partial charge in [-0.2, -0.15) is 0 Å². The first-order chi connectivity index (χ1) is 8.81. The molecule has 19 heavy (non-hydrogen) atoms. The molecular weight excluding hydrogens is 270 g/mol. The highest BCUT2D eigenvalue weighted by atomic mass is 32.2. The summed E-state index contributed by atoms with van der Waals surface area (Å²) < 4.78 is 36.7. The van der Waals surface area contributed by atoms with Gasteiger partial charge in [-0.05, 0) is 25.5 Å². The molecule has 0 fully saturated rings. The zero-order valence-corrected chi connectivity index (χ0v) is 12.2. The van der Waals surface area contributed by atoms with Crippen LogP contribution >= 0.6 is 0 Å². The topological polar surface area (TPSA) is 84.9 Å². The van der Waals surface area contributed by atoms with Crippen molar-refractivity contribution >= 4 is 10.0 Å². The maximum absolute atomic E-state index is 12.1. The van der Waals surface area contributed by atoms with Crippen LogP contribution in [0.4, 0.5) is 0 Å². The molecule has 0 unspecified atom stereocenters. The average Bonchev–Trinajstić information content (AvgIpc) is 2.35. The summed E-state index contributed by atoms with van der Waals surface area (Å²) in [6.45, 7) is 3.12. The van der Waals surface area contributed by atoms with E-state index in [2.05, 4.69) is 4.72 Å². The monoisotopic (exact) mass is 289 g/mol. The number of methoxy groups -OCH3 is 2. The molecule has 0 saturated heterocycles. The fourth-order valence-corrected chi connectivity index (χ4v) is 2.92. The Morgan fingerprint density at radius 3 is 2.26 bits per heavy atom. The van der Waals surface area contributed by atoms with Gasteiger partial charge in [0.15, 0.2) is 11.5 Å². The quantitative estimate of drug-likeness (QED) is 0.804. The summed E-state index contributed by atoms with van der Waals surface area (Å²) in [7, 11) is -0.769. The Morgan fingerprint density at radius 2 is 1.79 bits per heavy atom. The molecule has 0 saturated carbocycles. The summed E-state index contributed by atoms with van der Waals surface area (Å²) in [5.41, 5.74) is 0.538. The molecule has 0 spiro atoms. The van der Waals surface area contributed by atoms with Gasteiger partial charge < -0.3 is 14.6 Å². The molecule has 0 amide bonds. The van der Waals surface area contributed by atoms with E-state index in [0.717, 1.165) is 0 Å². The van der Waals surface area contributed by atoms with Crippen molar-refractivity contribution in [1.29, 1.82) is 0 Å². The van der Waals surface area contributed by atoms with Crippen LogP contribution < -0.4 is 14.2 Å². The second-order valence-corrected chi connectivity index (χ2v) is 5.91. The van der Waals surface area contributed by atoms with Gasteiger partial charge in [0.05, 0.1) is 25.2 Å². The smallest absolute Gasteiger partial charge is 0.241 e. The number of rotatable bonds is 6. The summed E-state index contributed by atoms with van der Waals surface area (Å²) in [4.78, 5) is 0.103. The summed E-state index contributed by atoms with van der Waals surface area (Å²) >= 11 is 0. The van der Waals surface area contributed by atoms with Gasteiger partial charge in [0.1, 0.15) is 0 Å². The highest BCUT2D eigenvalue weighted by molar-refractivity contribution is 7.89. The second-order valence-electron chi connectivity index (χ2n) is 4.17. The molecule has 1 rings (SSSR count). The Kier molecular flexibility index (Phi) is 5.16. The van der Waals surface area contributed by atoms with E-state index >= 15 is 0 Å². The van der Waals surface area contributed by atoms with E-state index in [1.165, 1.54) is 27.2 Å². The van der Waals surface area contributed by atoms with E-state index in [0.29, 0.717) is 17.1 Å². The van der Waals surface area contributed by atoms with Crippen molar-refractivity contribution in [3.8, 4) is 11.5 Å². The molecule has 0 aliphatic heterocycles. The van der Waals surface area contributed by atoms with Crippen LogP contribution in [0.5, 0.6) is 11.5 Å². The zero-order chi connectivity index (χ0) is 14.6. The number of nitrogens with one attached hydrogen (secondary N) is 1. The lowest BCUT2D eigenvalue weighted by Crippen LogP contribution is -2.31. The number of hydrogen-bond donors (Lipinski definition) is 2. The summed E-state index contributed by atoms with van der Waals surface area (Å²) in [5, 5.41) is 9.14. The van der Waals surface area contributed by atoms with Gasteiger partial charge in [-0.3, -0.25) is 0 Å². The minimum atomic E-state index is -3.69. The zero-order valence-electron chi connectivity index (χ0n) is 11.4. The Labute approximate surface area is 113 Å². The molecular formula is C12H19NO5S. The van der Waals surface area contributed by atoms with Crippen LogP contribution in [-0.4, -0.2) is 40.4 Å². The van der Waals surface area contributed by atoms with Crippen LogP contribution in [0.3, 0.4) is 0 Å². The summed E-state index contributed by atoms with van der Waals surface area (Å²) in [5.74, 6) is 0.806. The molecule has 6 nitrogen and oxygen atoms in total. The molecule has 1 aromatic carbocycles. The van der Waals surface area contributed by atoms with Crippen molar-refractivity contribution in [3.05, 3.63) is 17.7 Å². The first-order valence-electron chi connectivity index (χ1n) is 5.72. The first-order valence-corrected chi connectivity index (χ1v) is 7.20. The van der Waals surface area contributed by atoms with E-state index < -0.39 is 16.1 Å². The van der Waals surface area contributed by atoms with E-state index in [1.54, 1.807) is 13.0 Å². The fraction of sp³-hybridized carbons (Fsp3) is 0.500. The van der Waals surface area contributed by atoms with Crippen molar-refractivity contribution in [2.45, 2.75) is 24.8 Å². The number of aliphatic hydroxyl groups is 1. The van der Waals surface area contributed by atoms with Crippen LogP contribution in [-0.2, 0) is 10.0 Å². The van der Waals surface area contributed by atoms with E-state index in [1.807, 2.05) is 0 Å². The summed E-state index contributed by atoms with van der Waals surface area (Å²) in [6.07, 6.45) is -0.754. The molecule has 1 aromatic rings. The number of ether oxygens (including phenoxy) is 2. The molecule has 108 valence electrons. The van der Waals surface area contributed by atoms with Gasteiger partial charge in [-0.15, -0.1) is 0 Å². The average molecular weight is 289 g/mol. The third kappa shape index (κ3) is 3.82. The standard InChI is InChI=1S/C12H19NO5S/c1-8-5-10(17-3)11(18-4)6-12(8)19(15,16)13-7-9(2)14/h5-6,9,13-14H,7H2,1-4H3/t9-/m1/s1. The molecule has 1 atom stereocenters. The molecule has 0 radical (unpaired) electrons. The minimum Gasteiger partial charge on any atom is -0.493 e. The van der Waals surface area contributed by atoms with Crippen LogP contribution in [0, 0.1) is 6.92 Å². The van der Waals surface area contributed by atoms with E-state index in [-0.39, 0.29) is 11.4 Å². The van der Waals surface area contributed by atoms with Gasteiger partial charge in [0.25, 0.3) is 0 Å². The van der Waals surface area contributed by atoms with E-state index in [9.17, 15) is 8.42 Å². The lowest BCUT2D eigenvalue weighted by atomic mass is 10.2. The highest BCUT2D eigenvalue weighted by Crippen LogP contribution is 2.32. The molecule has 2 N–H and O–H groups in total. The van der Waals surface area contributed by atoms with Gasteiger partial charge >= 0.3 is 0 Å². The van der Waals surface area contributed by atoms with Crippen LogP contribution in [0.2, 0.25) is 0 Å². The highest BCUT2D eigenvalue weighted by Gasteiger charge is 2.20. The Morgan fingerprint density at radius 1 is 1.26 bits per heavy atom. The van der Waals surface area contributed by atoms with Gasteiger partial charge in [-0.25, -0.2) is 13.1 Å². The number of aliphatic hydroxyl groups excluding tert-OH is 1. The Balaban J connectivity index is 3.19. The molecule has 0 aliphatic rings. The van der Waals surface area contributed by atoms with Gasteiger partial charge in [-0.1, -0.05) is 0 Å². The lowest BCUT2D eigenvalue weighted by molar-refractivity contribution is 0.198. The van der Waals surface area contributed by atoms with Crippen LogP contribution in [0.15, 0.2) is 17.0 Å². The Hall–Kier alpha value is -1.31. The SMILES string of the molecule is COc1cc(C)c(S(=O)(=O)NC[C@@H](C)O)cc1OC. The molecule has 0 bridgehead atoms. The second kappa shape index (κ2) is 6.23. The van der Waals surface area contributed by atoms with Crippen molar-refractivity contribution < 1.29 is 23.0 Å². The third-order valence-electron chi connectivity index (χ3n) is 2.54. The van der Waals surface area contributed by atoms with Crippen molar-refractivity contribution in [2.24, 2.45) is 0 Å². The van der Waals surface area contributed by atoms with Crippen molar-refractivity contribution in [3.63, 3.8) is 0 Å². The number of benzene rings is 1. The third-order valence-corrected chi connectivity index (χ3v) is 4.10. The minimum absolute atomic E-state index is 0.0455. The summed E-state index contributed by atoms with van der Waals surface area (Å²) in [6, 6.07) is 2.99. The number of aryl methyl sites for hydroxylation is 1. The maximum Gasteiger partial charge on any atom is 0.241 e. The first kappa shape index (κ1) is 15.7. The lowest BCUT2D eigenvalue weighted by Gasteiger charge is -2.14. The molecule has 7 heteroatoms. The normalized spacial score (nSPS) is 13.1. The fourth-order valence-electron chi connectivity index (χ4n) is 1.56. The van der Waals surface area contributed by atoms with Crippen molar-refractivity contribution in [2.75, 3.05) is 20.8 Å². The van der Waals surface area contributed by atoms with Crippen LogP contribution in [0.25, 0.3) is 0 Å². The predicted octanol–water partition coefficient (Wildman–Crippen LogP) is 0.671. The van der Waals surface area contributed by atoms with Crippen LogP contribution in [0.1, 0.15) is 12.5 Å². The van der Waals surface area contributed by atoms with E-state index in [4.69, 9.17) is 14.6 Å². The molecule has 0 heterocycles. The maximum atomic E-state index is 12.1. The Bertz CT molecular complexity index is 539.